The molecule has 2 aromatic carbocycles. The summed E-state index contributed by atoms with van der Waals surface area (Å²) < 4.78 is 0. The van der Waals surface area contributed by atoms with Gasteiger partial charge < -0.3 is 16.0 Å². The highest BCUT2D eigenvalue weighted by molar-refractivity contribution is 5.79. The Labute approximate surface area is 139 Å². The van der Waals surface area contributed by atoms with E-state index in [-0.39, 0.29) is 0 Å². The minimum absolute atomic E-state index is 0.693. The molecule has 4 nitrogen and oxygen atoms in total. The van der Waals surface area contributed by atoms with Crippen molar-refractivity contribution in [2.24, 2.45) is 4.99 Å². The Balaban J connectivity index is 1.69. The van der Waals surface area contributed by atoms with Crippen molar-refractivity contribution in [2.75, 3.05) is 25.0 Å². The van der Waals surface area contributed by atoms with Gasteiger partial charge in [0.1, 0.15) is 0 Å². The molecule has 0 aliphatic heterocycles. The highest BCUT2D eigenvalue weighted by Gasteiger charge is 1.97. The largest absolute Gasteiger partial charge is 0.385 e. The van der Waals surface area contributed by atoms with Crippen molar-refractivity contribution in [2.45, 2.75) is 19.9 Å². The molecule has 2 aromatic rings. The highest BCUT2D eigenvalue weighted by atomic mass is 15.2. The van der Waals surface area contributed by atoms with Gasteiger partial charge >= 0.3 is 0 Å². The van der Waals surface area contributed by atoms with E-state index in [1.807, 2.05) is 36.4 Å². The summed E-state index contributed by atoms with van der Waals surface area (Å²) in [5.74, 6) is 0.871. The Morgan fingerprint density at radius 1 is 0.870 bits per heavy atom. The minimum Gasteiger partial charge on any atom is -0.385 e. The molecular formula is C19H26N4. The quantitative estimate of drug-likeness (QED) is 0.398. The molecule has 3 N–H and O–H groups in total. The van der Waals surface area contributed by atoms with E-state index in [9.17, 15) is 0 Å². The molecular weight excluding hydrogens is 284 g/mol. The lowest BCUT2D eigenvalue weighted by atomic mass is 10.2. The third kappa shape index (κ3) is 6.87. The molecule has 0 fully saturated rings. The van der Waals surface area contributed by atoms with Crippen LogP contribution >= 0.6 is 0 Å². The number of anilines is 1. The zero-order valence-electron chi connectivity index (χ0n) is 13.8. The second kappa shape index (κ2) is 10.3. The highest BCUT2D eigenvalue weighted by Crippen LogP contribution is 2.04. The van der Waals surface area contributed by atoms with Gasteiger partial charge in [-0.1, -0.05) is 48.5 Å². The topological polar surface area (TPSA) is 48.5 Å². The SMILES string of the molecule is CCNC(=NCc1ccccc1)NCCCNc1ccccc1. The first-order valence-electron chi connectivity index (χ1n) is 8.23. The summed E-state index contributed by atoms with van der Waals surface area (Å²) in [5, 5.41) is 10.1. The van der Waals surface area contributed by atoms with Gasteiger partial charge in [0.05, 0.1) is 6.54 Å². The van der Waals surface area contributed by atoms with Crippen molar-refractivity contribution < 1.29 is 0 Å². The van der Waals surface area contributed by atoms with E-state index < -0.39 is 0 Å². The summed E-state index contributed by atoms with van der Waals surface area (Å²) in [6, 6.07) is 20.6. The Bertz CT molecular complexity index is 566. The van der Waals surface area contributed by atoms with E-state index in [1.165, 1.54) is 5.56 Å². The van der Waals surface area contributed by atoms with Crippen LogP contribution in [-0.4, -0.2) is 25.6 Å². The van der Waals surface area contributed by atoms with Crippen LogP contribution in [0.2, 0.25) is 0 Å². The maximum atomic E-state index is 4.61. The van der Waals surface area contributed by atoms with Crippen LogP contribution in [0, 0.1) is 0 Å². The minimum atomic E-state index is 0.693. The van der Waals surface area contributed by atoms with Gasteiger partial charge in [-0.25, -0.2) is 4.99 Å². The first kappa shape index (κ1) is 16.9. The van der Waals surface area contributed by atoms with E-state index in [0.29, 0.717) is 6.54 Å². The predicted molar refractivity (Wildman–Crippen MR) is 98.8 cm³/mol. The molecule has 4 heteroatoms. The van der Waals surface area contributed by atoms with Gasteiger partial charge in [0.25, 0.3) is 0 Å². The zero-order valence-corrected chi connectivity index (χ0v) is 13.8. The second-order valence-corrected chi connectivity index (χ2v) is 5.25. The molecule has 23 heavy (non-hydrogen) atoms. The van der Waals surface area contributed by atoms with E-state index in [0.717, 1.165) is 37.7 Å². The number of hydrogen-bond acceptors (Lipinski definition) is 2. The van der Waals surface area contributed by atoms with Crippen LogP contribution in [0.25, 0.3) is 0 Å². The van der Waals surface area contributed by atoms with Crippen molar-refractivity contribution >= 4 is 11.6 Å². The van der Waals surface area contributed by atoms with E-state index in [4.69, 9.17) is 0 Å². The molecule has 122 valence electrons. The summed E-state index contributed by atoms with van der Waals surface area (Å²) in [6.45, 7) is 5.47. The van der Waals surface area contributed by atoms with Crippen molar-refractivity contribution in [3.8, 4) is 0 Å². The van der Waals surface area contributed by atoms with Crippen LogP contribution in [0.5, 0.6) is 0 Å². The molecule has 0 aliphatic rings. The third-order valence-electron chi connectivity index (χ3n) is 3.36. The van der Waals surface area contributed by atoms with Gasteiger partial charge in [0.2, 0.25) is 0 Å². The van der Waals surface area contributed by atoms with Crippen LogP contribution in [0.4, 0.5) is 5.69 Å². The average molecular weight is 310 g/mol. The molecule has 0 heterocycles. The Kier molecular flexibility index (Phi) is 7.54. The number of guanidine groups is 1. The van der Waals surface area contributed by atoms with E-state index >= 15 is 0 Å². The van der Waals surface area contributed by atoms with Gasteiger partial charge in [-0.15, -0.1) is 0 Å². The molecule has 0 unspecified atom stereocenters. The normalized spacial score (nSPS) is 11.1. The number of benzene rings is 2. The molecule has 0 spiro atoms. The molecule has 0 aliphatic carbocycles. The summed E-state index contributed by atoms with van der Waals surface area (Å²) in [7, 11) is 0. The lowest BCUT2D eigenvalue weighted by Crippen LogP contribution is -2.38. The Morgan fingerprint density at radius 2 is 1.57 bits per heavy atom. The first-order valence-corrected chi connectivity index (χ1v) is 8.23. The Hall–Kier alpha value is -2.49. The van der Waals surface area contributed by atoms with Crippen LogP contribution in [0.3, 0.4) is 0 Å². The van der Waals surface area contributed by atoms with E-state index in [1.54, 1.807) is 0 Å². The summed E-state index contributed by atoms with van der Waals surface area (Å²) in [4.78, 5) is 4.61. The number of nitrogens with one attached hydrogen (secondary N) is 3. The predicted octanol–water partition coefficient (Wildman–Crippen LogP) is 3.24. The molecule has 2 rings (SSSR count). The standard InChI is InChI=1S/C19H26N4/c1-2-20-19(23-16-17-10-5-3-6-11-17)22-15-9-14-21-18-12-7-4-8-13-18/h3-8,10-13,21H,2,9,14-16H2,1H3,(H2,20,22,23). The average Bonchev–Trinajstić information content (AvgIpc) is 2.61. The van der Waals surface area contributed by atoms with Crippen molar-refractivity contribution in [1.29, 1.82) is 0 Å². The number of nitrogens with zero attached hydrogens (tertiary/aromatic N) is 1. The molecule has 0 aromatic heterocycles. The molecule has 0 saturated heterocycles. The molecule has 0 radical (unpaired) electrons. The monoisotopic (exact) mass is 310 g/mol. The van der Waals surface area contributed by atoms with Gasteiger partial charge in [-0.05, 0) is 31.0 Å². The van der Waals surface area contributed by atoms with Gasteiger partial charge in [0, 0.05) is 25.3 Å². The van der Waals surface area contributed by atoms with Gasteiger partial charge in [-0.3, -0.25) is 0 Å². The summed E-state index contributed by atoms with van der Waals surface area (Å²) in [6.07, 6.45) is 1.03. The number of rotatable bonds is 8. The Morgan fingerprint density at radius 3 is 2.26 bits per heavy atom. The zero-order chi connectivity index (χ0) is 16.2. The number of aliphatic imine (C=N–C) groups is 1. The third-order valence-corrected chi connectivity index (χ3v) is 3.36. The van der Waals surface area contributed by atoms with Crippen LogP contribution < -0.4 is 16.0 Å². The maximum absolute atomic E-state index is 4.61. The van der Waals surface area contributed by atoms with Crippen molar-refractivity contribution in [3.05, 3.63) is 66.2 Å². The fourth-order valence-corrected chi connectivity index (χ4v) is 2.18. The fraction of sp³-hybridized carbons (Fsp3) is 0.316. The molecule has 0 amide bonds. The second-order valence-electron chi connectivity index (χ2n) is 5.25. The first-order chi connectivity index (χ1) is 11.4. The van der Waals surface area contributed by atoms with E-state index in [2.05, 4.69) is 52.1 Å². The van der Waals surface area contributed by atoms with Gasteiger partial charge in [0.15, 0.2) is 5.96 Å². The fourth-order valence-electron chi connectivity index (χ4n) is 2.18. The lowest BCUT2D eigenvalue weighted by Gasteiger charge is -2.12. The molecule has 0 saturated carbocycles. The summed E-state index contributed by atoms with van der Waals surface area (Å²) >= 11 is 0. The molecule has 0 atom stereocenters. The summed E-state index contributed by atoms with van der Waals surface area (Å²) in [5.41, 5.74) is 2.38. The van der Waals surface area contributed by atoms with Gasteiger partial charge in [-0.2, -0.15) is 0 Å². The number of para-hydroxylation sites is 1. The van der Waals surface area contributed by atoms with Crippen LogP contribution in [0.15, 0.2) is 65.7 Å². The van der Waals surface area contributed by atoms with Crippen molar-refractivity contribution in [3.63, 3.8) is 0 Å². The smallest absolute Gasteiger partial charge is 0.191 e. The van der Waals surface area contributed by atoms with Crippen molar-refractivity contribution in [1.82, 2.24) is 10.6 Å². The van der Waals surface area contributed by atoms with Crippen LogP contribution in [-0.2, 0) is 6.54 Å². The lowest BCUT2D eigenvalue weighted by molar-refractivity contribution is 0.765. The van der Waals surface area contributed by atoms with Crippen LogP contribution in [0.1, 0.15) is 18.9 Å². The number of hydrogen-bond donors (Lipinski definition) is 3. The maximum Gasteiger partial charge on any atom is 0.191 e. The molecule has 0 bridgehead atoms.